The van der Waals surface area contributed by atoms with Crippen molar-refractivity contribution in [3.8, 4) is 0 Å². The number of hydrogen-bond acceptors (Lipinski definition) is 6. The number of anilines is 2. The van der Waals surface area contributed by atoms with Crippen LogP contribution < -0.4 is 15.5 Å². The molecule has 2 heterocycles. The highest BCUT2D eigenvalue weighted by Gasteiger charge is 2.14. The number of carbonyl (C=O) groups is 1. The average Bonchev–Trinajstić information content (AvgIpc) is 2.94. The van der Waals surface area contributed by atoms with Crippen LogP contribution in [0.2, 0.25) is 0 Å². The quantitative estimate of drug-likeness (QED) is 0.697. The highest BCUT2D eigenvalue weighted by atomic mass is 16.5. The molecule has 0 aliphatic rings. The molecule has 1 amide bonds. The summed E-state index contributed by atoms with van der Waals surface area (Å²) in [7, 11) is 5.21. The number of aromatic nitrogens is 3. The molecule has 8 nitrogen and oxygen atoms in total. The molecule has 0 aliphatic carbocycles. The normalized spacial score (nSPS) is 10.6. The van der Waals surface area contributed by atoms with Gasteiger partial charge in [0.15, 0.2) is 11.5 Å². The number of hydrogen-bond donors (Lipinski definition) is 2. The molecular weight excluding hydrogens is 272 g/mol. The summed E-state index contributed by atoms with van der Waals surface area (Å²) in [6.07, 6.45) is 5.39. The third kappa shape index (κ3) is 3.60. The number of rotatable bonds is 7. The summed E-state index contributed by atoms with van der Waals surface area (Å²) < 4.78 is 6.77. The molecule has 21 heavy (non-hydrogen) atoms. The zero-order chi connectivity index (χ0) is 15.2. The fourth-order valence-electron chi connectivity index (χ4n) is 1.93. The Labute approximate surface area is 123 Å². The largest absolute Gasteiger partial charge is 0.383 e. The van der Waals surface area contributed by atoms with Crippen LogP contribution in [0.1, 0.15) is 0 Å². The summed E-state index contributed by atoms with van der Waals surface area (Å²) in [6.45, 7) is 1.19. The van der Waals surface area contributed by atoms with Crippen LogP contribution >= 0.6 is 0 Å². The number of carbonyl (C=O) groups excluding carboxylic acids is 1. The number of likely N-dealkylation sites (N-methyl/N-ethyl adjacent to an activating group) is 1. The lowest BCUT2D eigenvalue weighted by Gasteiger charge is -2.19. The Morgan fingerprint density at radius 2 is 2.33 bits per heavy atom. The Hall–Kier alpha value is -2.35. The predicted octanol–water partition coefficient (Wildman–Crippen LogP) is -0.0302. The molecule has 0 saturated heterocycles. The first-order valence-electron chi connectivity index (χ1n) is 6.64. The second-order valence-corrected chi connectivity index (χ2v) is 4.56. The highest BCUT2D eigenvalue weighted by Crippen LogP contribution is 2.19. The van der Waals surface area contributed by atoms with E-state index in [-0.39, 0.29) is 12.5 Å². The Morgan fingerprint density at radius 3 is 3.05 bits per heavy atom. The van der Waals surface area contributed by atoms with Gasteiger partial charge in [0.2, 0.25) is 5.91 Å². The molecule has 114 valence electrons. The van der Waals surface area contributed by atoms with E-state index in [0.717, 1.165) is 0 Å². The molecule has 0 saturated carbocycles. The lowest BCUT2D eigenvalue weighted by molar-refractivity contribution is -0.119. The van der Waals surface area contributed by atoms with E-state index in [1.807, 2.05) is 23.8 Å². The topological polar surface area (TPSA) is 83.8 Å². The molecule has 2 rings (SSSR count). The van der Waals surface area contributed by atoms with Crippen molar-refractivity contribution in [1.29, 1.82) is 0 Å². The minimum absolute atomic E-state index is 0.0871. The van der Waals surface area contributed by atoms with Gasteiger partial charge in [0.25, 0.3) is 0 Å². The van der Waals surface area contributed by atoms with Crippen molar-refractivity contribution in [1.82, 2.24) is 19.7 Å². The van der Waals surface area contributed by atoms with Gasteiger partial charge in [0.1, 0.15) is 5.82 Å². The number of ether oxygens (including phenoxy) is 1. The van der Waals surface area contributed by atoms with Crippen molar-refractivity contribution in [3.63, 3.8) is 0 Å². The zero-order valence-electron chi connectivity index (χ0n) is 12.5. The van der Waals surface area contributed by atoms with Crippen molar-refractivity contribution in [3.05, 3.63) is 18.6 Å². The van der Waals surface area contributed by atoms with Crippen LogP contribution in [-0.4, -0.2) is 61.2 Å². The Balaban J connectivity index is 2.13. The van der Waals surface area contributed by atoms with Crippen molar-refractivity contribution in [2.45, 2.75) is 0 Å². The average molecular weight is 292 g/mol. The van der Waals surface area contributed by atoms with Gasteiger partial charge < -0.3 is 24.7 Å². The second kappa shape index (κ2) is 6.89. The highest BCUT2D eigenvalue weighted by molar-refractivity contribution is 5.82. The molecule has 0 aromatic carbocycles. The molecule has 0 spiro atoms. The summed E-state index contributed by atoms with van der Waals surface area (Å²) in [6, 6.07) is 0. The van der Waals surface area contributed by atoms with Gasteiger partial charge in [0.05, 0.1) is 19.3 Å². The fourth-order valence-corrected chi connectivity index (χ4v) is 1.93. The summed E-state index contributed by atoms with van der Waals surface area (Å²) in [5.74, 6) is 1.27. The zero-order valence-corrected chi connectivity index (χ0v) is 12.5. The van der Waals surface area contributed by atoms with Crippen LogP contribution in [0.25, 0.3) is 5.65 Å². The number of methoxy groups -OCH3 is 1. The second-order valence-electron chi connectivity index (χ2n) is 4.56. The van der Waals surface area contributed by atoms with E-state index < -0.39 is 0 Å². The van der Waals surface area contributed by atoms with Crippen LogP contribution in [0.5, 0.6) is 0 Å². The number of imidazole rings is 1. The van der Waals surface area contributed by atoms with Gasteiger partial charge in [-0.05, 0) is 0 Å². The van der Waals surface area contributed by atoms with Gasteiger partial charge >= 0.3 is 0 Å². The molecule has 2 N–H and O–H groups in total. The van der Waals surface area contributed by atoms with E-state index >= 15 is 0 Å². The molecule has 8 heteroatoms. The number of amides is 1. The van der Waals surface area contributed by atoms with E-state index in [0.29, 0.717) is 30.4 Å². The lowest BCUT2D eigenvalue weighted by Crippen LogP contribution is -2.37. The molecule has 0 radical (unpaired) electrons. The van der Waals surface area contributed by atoms with Crippen LogP contribution in [0.3, 0.4) is 0 Å². The lowest BCUT2D eigenvalue weighted by atomic mass is 10.4. The van der Waals surface area contributed by atoms with Crippen molar-refractivity contribution in [2.24, 2.45) is 0 Å². The van der Waals surface area contributed by atoms with Crippen LogP contribution in [-0.2, 0) is 9.53 Å². The minimum Gasteiger partial charge on any atom is -0.383 e. The Morgan fingerprint density at radius 1 is 1.52 bits per heavy atom. The van der Waals surface area contributed by atoms with Gasteiger partial charge in [-0.1, -0.05) is 0 Å². The van der Waals surface area contributed by atoms with E-state index in [1.165, 1.54) is 0 Å². The molecule has 2 aromatic rings. The van der Waals surface area contributed by atoms with E-state index in [4.69, 9.17) is 4.74 Å². The van der Waals surface area contributed by atoms with Gasteiger partial charge in [0, 0.05) is 40.1 Å². The fraction of sp³-hybridized carbons (Fsp3) is 0.462. The third-order valence-electron chi connectivity index (χ3n) is 2.98. The maximum atomic E-state index is 11.9. The number of nitrogens with zero attached hydrogens (tertiary/aromatic N) is 4. The van der Waals surface area contributed by atoms with Crippen molar-refractivity contribution < 1.29 is 9.53 Å². The minimum atomic E-state index is -0.0871. The monoisotopic (exact) mass is 292 g/mol. The predicted molar refractivity (Wildman–Crippen MR) is 80.7 cm³/mol. The summed E-state index contributed by atoms with van der Waals surface area (Å²) in [5, 5.41) is 5.77. The van der Waals surface area contributed by atoms with Crippen LogP contribution in [0, 0.1) is 0 Å². The standard InChI is InChI=1S/C13H20N6O2/c1-14-10-8-19-6-4-16-12(19)13(17-10)18(2)9-11(20)15-5-7-21-3/h4,6,8,14H,5,7,9H2,1-3H3,(H,15,20). The van der Waals surface area contributed by atoms with Gasteiger partial charge in [-0.3, -0.25) is 4.79 Å². The molecule has 0 unspecified atom stereocenters. The first-order valence-corrected chi connectivity index (χ1v) is 6.64. The third-order valence-corrected chi connectivity index (χ3v) is 2.98. The first kappa shape index (κ1) is 15.0. The first-order chi connectivity index (χ1) is 10.2. The smallest absolute Gasteiger partial charge is 0.239 e. The molecule has 2 aromatic heterocycles. The Kier molecular flexibility index (Phi) is 4.94. The molecular formula is C13H20N6O2. The molecule has 0 atom stereocenters. The maximum absolute atomic E-state index is 11.9. The van der Waals surface area contributed by atoms with Crippen molar-refractivity contribution in [2.75, 3.05) is 51.1 Å². The van der Waals surface area contributed by atoms with Crippen LogP contribution in [0.4, 0.5) is 11.6 Å². The maximum Gasteiger partial charge on any atom is 0.239 e. The SMILES string of the molecule is CNc1cn2ccnc2c(N(C)CC(=O)NCCOC)n1. The van der Waals surface area contributed by atoms with Crippen LogP contribution in [0.15, 0.2) is 18.6 Å². The summed E-state index contributed by atoms with van der Waals surface area (Å²) in [5.41, 5.74) is 0.709. The summed E-state index contributed by atoms with van der Waals surface area (Å²) >= 11 is 0. The Bertz CT molecular complexity index is 612. The number of nitrogens with one attached hydrogen (secondary N) is 2. The molecule has 0 bridgehead atoms. The molecule has 0 aliphatic heterocycles. The van der Waals surface area contributed by atoms with E-state index in [2.05, 4.69) is 20.6 Å². The van der Waals surface area contributed by atoms with Gasteiger partial charge in [-0.15, -0.1) is 0 Å². The summed E-state index contributed by atoms with van der Waals surface area (Å²) in [4.78, 5) is 22.4. The van der Waals surface area contributed by atoms with Crippen molar-refractivity contribution >= 4 is 23.2 Å². The number of fused-ring (bicyclic) bond motifs is 1. The van der Waals surface area contributed by atoms with E-state index in [9.17, 15) is 4.79 Å². The molecule has 0 fully saturated rings. The van der Waals surface area contributed by atoms with Gasteiger partial charge in [-0.25, -0.2) is 9.97 Å². The van der Waals surface area contributed by atoms with E-state index in [1.54, 1.807) is 25.3 Å². The van der Waals surface area contributed by atoms with Gasteiger partial charge in [-0.2, -0.15) is 0 Å².